The normalized spacial score (nSPS) is 12.2. The number of methoxy groups -OCH3 is 1. The standard InChI is InChI=1S/C12H13N3O2/c1-8-5-9(7-13-6-8)11(16)10-12(17-2)15-4-3-14-10/h3-7,11,16H,1-2H3. The maximum Gasteiger partial charge on any atom is 0.238 e. The molecule has 0 fully saturated rings. The van der Waals surface area contributed by atoms with Gasteiger partial charge in [-0.25, -0.2) is 4.98 Å². The molecule has 0 aliphatic carbocycles. The van der Waals surface area contributed by atoms with Crippen LogP contribution in [0, 0.1) is 6.92 Å². The van der Waals surface area contributed by atoms with Crippen LogP contribution in [0.25, 0.3) is 0 Å². The lowest BCUT2D eigenvalue weighted by atomic mass is 10.1. The molecule has 1 N–H and O–H groups in total. The van der Waals surface area contributed by atoms with E-state index in [4.69, 9.17) is 4.74 Å². The molecule has 2 aromatic rings. The van der Waals surface area contributed by atoms with Gasteiger partial charge in [-0.05, 0) is 12.5 Å². The zero-order valence-corrected chi connectivity index (χ0v) is 9.66. The lowest BCUT2D eigenvalue weighted by Crippen LogP contribution is -2.06. The average molecular weight is 231 g/mol. The molecule has 0 amide bonds. The number of nitrogens with zero attached hydrogens (tertiary/aromatic N) is 3. The Morgan fingerprint density at radius 3 is 2.71 bits per heavy atom. The number of pyridine rings is 1. The first-order valence-electron chi connectivity index (χ1n) is 5.17. The minimum atomic E-state index is -0.883. The van der Waals surface area contributed by atoms with Crippen molar-refractivity contribution < 1.29 is 9.84 Å². The summed E-state index contributed by atoms with van der Waals surface area (Å²) in [6.07, 6.45) is 5.48. The number of aromatic nitrogens is 3. The molecule has 5 heteroatoms. The van der Waals surface area contributed by atoms with Crippen LogP contribution in [-0.2, 0) is 0 Å². The van der Waals surface area contributed by atoms with Gasteiger partial charge in [0.25, 0.3) is 0 Å². The number of ether oxygens (including phenoxy) is 1. The van der Waals surface area contributed by atoms with E-state index >= 15 is 0 Å². The number of aryl methyl sites for hydroxylation is 1. The van der Waals surface area contributed by atoms with E-state index in [0.29, 0.717) is 17.1 Å². The molecule has 0 radical (unpaired) electrons. The minimum Gasteiger partial charge on any atom is -0.480 e. The number of hydrogen-bond acceptors (Lipinski definition) is 5. The summed E-state index contributed by atoms with van der Waals surface area (Å²) in [7, 11) is 1.49. The molecule has 0 aliphatic heterocycles. The molecule has 5 nitrogen and oxygen atoms in total. The highest BCUT2D eigenvalue weighted by Crippen LogP contribution is 2.25. The van der Waals surface area contributed by atoms with Crippen molar-refractivity contribution in [3.8, 4) is 5.88 Å². The smallest absolute Gasteiger partial charge is 0.238 e. The van der Waals surface area contributed by atoms with Gasteiger partial charge in [-0.2, -0.15) is 0 Å². The molecule has 1 unspecified atom stereocenters. The maximum atomic E-state index is 10.2. The number of rotatable bonds is 3. The zero-order valence-electron chi connectivity index (χ0n) is 9.66. The Bertz CT molecular complexity index is 517. The Kier molecular flexibility index (Phi) is 3.30. The molecule has 2 aromatic heterocycles. The van der Waals surface area contributed by atoms with Crippen LogP contribution in [0.2, 0.25) is 0 Å². The third-order valence-electron chi connectivity index (χ3n) is 2.36. The molecule has 0 saturated carbocycles. The summed E-state index contributed by atoms with van der Waals surface area (Å²) in [5, 5.41) is 10.2. The summed E-state index contributed by atoms with van der Waals surface area (Å²) < 4.78 is 5.06. The average Bonchev–Trinajstić information content (AvgIpc) is 2.38. The molecule has 0 saturated heterocycles. The molecule has 0 aliphatic rings. The number of hydrogen-bond donors (Lipinski definition) is 1. The van der Waals surface area contributed by atoms with Gasteiger partial charge in [0.15, 0.2) is 0 Å². The zero-order chi connectivity index (χ0) is 12.3. The largest absolute Gasteiger partial charge is 0.480 e. The van der Waals surface area contributed by atoms with Gasteiger partial charge in [-0.15, -0.1) is 0 Å². The summed E-state index contributed by atoms with van der Waals surface area (Å²) in [4.78, 5) is 12.1. The summed E-state index contributed by atoms with van der Waals surface area (Å²) in [5.74, 6) is 0.321. The highest BCUT2D eigenvalue weighted by molar-refractivity contribution is 5.30. The Morgan fingerprint density at radius 2 is 2.00 bits per heavy atom. The van der Waals surface area contributed by atoms with Crippen LogP contribution in [0.1, 0.15) is 22.9 Å². The third kappa shape index (κ3) is 2.39. The molecule has 0 spiro atoms. The van der Waals surface area contributed by atoms with Crippen molar-refractivity contribution in [1.29, 1.82) is 0 Å². The van der Waals surface area contributed by atoms with Gasteiger partial charge in [0, 0.05) is 30.4 Å². The molecule has 0 bridgehead atoms. The van der Waals surface area contributed by atoms with Crippen LogP contribution < -0.4 is 4.74 Å². The van der Waals surface area contributed by atoms with Crippen molar-refractivity contribution in [3.05, 3.63) is 47.7 Å². The van der Waals surface area contributed by atoms with Crippen LogP contribution in [0.15, 0.2) is 30.9 Å². The molecule has 0 aromatic carbocycles. The minimum absolute atomic E-state index is 0.321. The second kappa shape index (κ2) is 4.88. The fraction of sp³-hybridized carbons (Fsp3) is 0.250. The highest BCUT2D eigenvalue weighted by Gasteiger charge is 2.18. The molecular weight excluding hydrogens is 218 g/mol. The predicted octanol–water partition coefficient (Wildman–Crippen LogP) is 1.27. The van der Waals surface area contributed by atoms with Gasteiger partial charge < -0.3 is 9.84 Å². The van der Waals surface area contributed by atoms with Crippen molar-refractivity contribution in [2.45, 2.75) is 13.0 Å². The third-order valence-corrected chi connectivity index (χ3v) is 2.36. The van der Waals surface area contributed by atoms with Gasteiger partial charge in [-0.3, -0.25) is 9.97 Å². The highest BCUT2D eigenvalue weighted by atomic mass is 16.5. The first kappa shape index (κ1) is 11.5. The van der Waals surface area contributed by atoms with E-state index in [1.54, 1.807) is 12.4 Å². The van der Waals surface area contributed by atoms with E-state index in [2.05, 4.69) is 15.0 Å². The van der Waals surface area contributed by atoms with Crippen LogP contribution in [0.5, 0.6) is 5.88 Å². The van der Waals surface area contributed by atoms with Gasteiger partial charge in [0.2, 0.25) is 5.88 Å². The molecule has 2 rings (SSSR count). The lowest BCUT2D eigenvalue weighted by molar-refractivity contribution is 0.207. The molecule has 17 heavy (non-hydrogen) atoms. The van der Waals surface area contributed by atoms with Crippen LogP contribution in [0.4, 0.5) is 0 Å². The van der Waals surface area contributed by atoms with E-state index in [1.807, 2.05) is 13.0 Å². The summed E-state index contributed by atoms with van der Waals surface area (Å²) >= 11 is 0. The van der Waals surface area contributed by atoms with Gasteiger partial charge in [0.1, 0.15) is 11.8 Å². The quantitative estimate of drug-likeness (QED) is 0.861. The van der Waals surface area contributed by atoms with Gasteiger partial charge >= 0.3 is 0 Å². The van der Waals surface area contributed by atoms with E-state index in [1.165, 1.54) is 19.5 Å². The molecule has 88 valence electrons. The lowest BCUT2D eigenvalue weighted by Gasteiger charge is -2.12. The van der Waals surface area contributed by atoms with Gasteiger partial charge in [-0.1, -0.05) is 6.07 Å². The monoisotopic (exact) mass is 231 g/mol. The number of aliphatic hydroxyl groups is 1. The van der Waals surface area contributed by atoms with Crippen molar-refractivity contribution in [2.24, 2.45) is 0 Å². The summed E-state index contributed by atoms with van der Waals surface area (Å²) in [6.45, 7) is 1.91. The molecular formula is C12H13N3O2. The first-order chi connectivity index (χ1) is 8.22. The Labute approximate surface area is 99.2 Å². The fourth-order valence-corrected chi connectivity index (χ4v) is 1.57. The second-order valence-corrected chi connectivity index (χ2v) is 3.65. The van der Waals surface area contributed by atoms with E-state index in [0.717, 1.165) is 5.56 Å². The predicted molar refractivity (Wildman–Crippen MR) is 61.6 cm³/mol. The summed E-state index contributed by atoms with van der Waals surface area (Å²) in [6, 6.07) is 1.85. The summed E-state index contributed by atoms with van der Waals surface area (Å²) in [5.41, 5.74) is 2.04. The van der Waals surface area contributed by atoms with Gasteiger partial charge in [0.05, 0.1) is 7.11 Å². The van der Waals surface area contributed by atoms with Crippen molar-refractivity contribution in [1.82, 2.24) is 15.0 Å². The van der Waals surface area contributed by atoms with Crippen molar-refractivity contribution in [2.75, 3.05) is 7.11 Å². The van der Waals surface area contributed by atoms with E-state index in [-0.39, 0.29) is 0 Å². The Hall–Kier alpha value is -2.01. The second-order valence-electron chi connectivity index (χ2n) is 3.65. The van der Waals surface area contributed by atoms with Crippen LogP contribution in [0.3, 0.4) is 0 Å². The SMILES string of the molecule is COc1nccnc1C(O)c1cncc(C)c1. The van der Waals surface area contributed by atoms with Crippen molar-refractivity contribution in [3.63, 3.8) is 0 Å². The van der Waals surface area contributed by atoms with E-state index in [9.17, 15) is 5.11 Å². The number of aliphatic hydroxyl groups excluding tert-OH is 1. The van der Waals surface area contributed by atoms with E-state index < -0.39 is 6.10 Å². The Balaban J connectivity index is 2.40. The van der Waals surface area contributed by atoms with Crippen LogP contribution >= 0.6 is 0 Å². The molecule has 1 atom stereocenters. The fourth-order valence-electron chi connectivity index (χ4n) is 1.57. The maximum absolute atomic E-state index is 10.2. The first-order valence-corrected chi connectivity index (χ1v) is 5.17. The molecule has 2 heterocycles. The topological polar surface area (TPSA) is 68.1 Å². The van der Waals surface area contributed by atoms with Crippen molar-refractivity contribution >= 4 is 0 Å². The van der Waals surface area contributed by atoms with Crippen LogP contribution in [-0.4, -0.2) is 27.2 Å². The Morgan fingerprint density at radius 1 is 1.24 bits per heavy atom.